The topological polar surface area (TPSA) is 80.5 Å². The maximum absolute atomic E-state index is 11.9. The van der Waals surface area contributed by atoms with Gasteiger partial charge in [-0.2, -0.15) is 0 Å². The van der Waals surface area contributed by atoms with E-state index in [4.69, 9.17) is 5.14 Å². The van der Waals surface area contributed by atoms with Crippen molar-refractivity contribution in [3.63, 3.8) is 0 Å². The van der Waals surface area contributed by atoms with E-state index in [0.717, 1.165) is 13.1 Å². The number of nitrogens with two attached hydrogens (primary N) is 1. The van der Waals surface area contributed by atoms with E-state index in [1.165, 1.54) is 38.7 Å². The SMILES string of the molecule is CC(=O)c1ccc(N2C[C@H]3CCCC[C@H]3C2)c(S(N)(=O)=O)c1. The number of rotatable bonds is 3. The van der Waals surface area contributed by atoms with Crippen LogP contribution in [0.3, 0.4) is 0 Å². The molecule has 1 aromatic carbocycles. The first-order valence-electron chi connectivity index (χ1n) is 7.79. The first-order chi connectivity index (χ1) is 10.4. The number of carbonyl (C=O) groups is 1. The van der Waals surface area contributed by atoms with E-state index in [-0.39, 0.29) is 10.7 Å². The second-order valence-corrected chi connectivity index (χ2v) is 8.02. The first-order valence-corrected chi connectivity index (χ1v) is 9.33. The van der Waals surface area contributed by atoms with Crippen LogP contribution in [-0.2, 0) is 10.0 Å². The minimum absolute atomic E-state index is 0.0684. The van der Waals surface area contributed by atoms with Gasteiger partial charge in [-0.15, -0.1) is 0 Å². The highest BCUT2D eigenvalue weighted by Gasteiger charge is 2.36. The summed E-state index contributed by atoms with van der Waals surface area (Å²) in [5.74, 6) is 1.13. The molecule has 1 aliphatic heterocycles. The summed E-state index contributed by atoms with van der Waals surface area (Å²) in [6, 6.07) is 4.83. The van der Waals surface area contributed by atoms with Crippen LogP contribution in [0.5, 0.6) is 0 Å². The van der Waals surface area contributed by atoms with Crippen LogP contribution in [0.1, 0.15) is 43.0 Å². The van der Waals surface area contributed by atoms with Crippen LogP contribution in [0.25, 0.3) is 0 Å². The second-order valence-electron chi connectivity index (χ2n) is 6.49. The summed E-state index contributed by atoms with van der Waals surface area (Å²) in [6.07, 6.45) is 4.97. The zero-order valence-electron chi connectivity index (χ0n) is 12.8. The van der Waals surface area contributed by atoms with E-state index in [1.807, 2.05) is 0 Å². The highest BCUT2D eigenvalue weighted by atomic mass is 32.2. The van der Waals surface area contributed by atoms with Gasteiger partial charge in [0.2, 0.25) is 10.0 Å². The molecule has 0 aromatic heterocycles. The van der Waals surface area contributed by atoms with Gasteiger partial charge in [-0.25, -0.2) is 13.6 Å². The van der Waals surface area contributed by atoms with Crippen molar-refractivity contribution in [1.82, 2.24) is 0 Å². The number of ketones is 1. The van der Waals surface area contributed by atoms with E-state index in [0.29, 0.717) is 23.1 Å². The van der Waals surface area contributed by atoms with Gasteiger partial charge in [0.1, 0.15) is 4.90 Å². The highest BCUT2D eigenvalue weighted by molar-refractivity contribution is 7.89. The van der Waals surface area contributed by atoms with Gasteiger partial charge >= 0.3 is 0 Å². The van der Waals surface area contributed by atoms with E-state index < -0.39 is 10.0 Å². The van der Waals surface area contributed by atoms with Crippen molar-refractivity contribution in [2.45, 2.75) is 37.5 Å². The molecule has 5 nitrogen and oxygen atoms in total. The Labute approximate surface area is 131 Å². The van der Waals surface area contributed by atoms with E-state index >= 15 is 0 Å². The molecular weight excluding hydrogens is 300 g/mol. The van der Waals surface area contributed by atoms with Crippen molar-refractivity contribution in [1.29, 1.82) is 0 Å². The normalized spacial score (nSPS) is 25.1. The molecule has 6 heteroatoms. The van der Waals surface area contributed by atoms with Gasteiger partial charge in [-0.05, 0) is 49.8 Å². The minimum Gasteiger partial charge on any atom is -0.370 e. The molecule has 0 radical (unpaired) electrons. The van der Waals surface area contributed by atoms with Crippen LogP contribution in [0.15, 0.2) is 23.1 Å². The molecule has 0 spiro atoms. The lowest BCUT2D eigenvalue weighted by molar-refractivity contribution is 0.101. The highest BCUT2D eigenvalue weighted by Crippen LogP contribution is 2.39. The lowest BCUT2D eigenvalue weighted by atomic mass is 9.82. The molecule has 1 aliphatic carbocycles. The fraction of sp³-hybridized carbons (Fsp3) is 0.562. The number of sulfonamides is 1. The van der Waals surface area contributed by atoms with Crippen LogP contribution >= 0.6 is 0 Å². The lowest BCUT2D eigenvalue weighted by Crippen LogP contribution is -2.24. The Kier molecular flexibility index (Phi) is 3.99. The number of hydrogen-bond donors (Lipinski definition) is 1. The average molecular weight is 322 g/mol. The Morgan fingerprint density at radius 3 is 2.27 bits per heavy atom. The van der Waals surface area contributed by atoms with Crippen LogP contribution < -0.4 is 10.0 Å². The van der Waals surface area contributed by atoms with E-state index in [2.05, 4.69) is 4.90 Å². The molecular formula is C16H22N2O3S. The van der Waals surface area contributed by atoms with Crippen molar-refractivity contribution >= 4 is 21.5 Å². The molecule has 0 bridgehead atoms. The fourth-order valence-corrected chi connectivity index (χ4v) is 4.60. The van der Waals surface area contributed by atoms with Crippen LogP contribution in [-0.4, -0.2) is 27.3 Å². The summed E-state index contributed by atoms with van der Waals surface area (Å²) in [7, 11) is -3.85. The van der Waals surface area contributed by atoms with Crippen molar-refractivity contribution in [2.24, 2.45) is 17.0 Å². The monoisotopic (exact) mass is 322 g/mol. The first kappa shape index (κ1) is 15.5. The number of nitrogens with zero attached hydrogens (tertiary/aromatic N) is 1. The Morgan fingerprint density at radius 1 is 1.18 bits per heavy atom. The standard InChI is InChI=1S/C16H22N2O3S/c1-11(19)12-6-7-15(16(8-12)22(17,20)21)18-9-13-4-2-3-5-14(13)10-18/h6-8,13-14H,2-5,9-10H2,1H3,(H2,17,20,21)/t13-,14+. The number of primary sulfonamides is 1. The molecule has 1 saturated heterocycles. The molecule has 1 heterocycles. The molecule has 1 aromatic rings. The van der Waals surface area contributed by atoms with Gasteiger partial charge < -0.3 is 4.90 Å². The number of Topliss-reactive ketones (excluding diaryl/α,β-unsaturated/α-hetero) is 1. The zero-order chi connectivity index (χ0) is 15.9. The number of benzene rings is 1. The third-order valence-corrected chi connectivity index (χ3v) is 5.93. The molecule has 1 saturated carbocycles. The third kappa shape index (κ3) is 2.90. The predicted molar refractivity (Wildman–Crippen MR) is 85.5 cm³/mol. The lowest BCUT2D eigenvalue weighted by Gasteiger charge is -2.22. The van der Waals surface area contributed by atoms with Gasteiger partial charge in [-0.3, -0.25) is 4.79 Å². The molecule has 3 rings (SSSR count). The van der Waals surface area contributed by atoms with Gasteiger partial charge in [0.05, 0.1) is 5.69 Å². The summed E-state index contributed by atoms with van der Waals surface area (Å²) < 4.78 is 23.9. The number of hydrogen-bond acceptors (Lipinski definition) is 4. The maximum atomic E-state index is 11.9. The molecule has 2 fully saturated rings. The van der Waals surface area contributed by atoms with Gasteiger partial charge in [-0.1, -0.05) is 12.8 Å². The van der Waals surface area contributed by atoms with Crippen molar-refractivity contribution in [2.75, 3.05) is 18.0 Å². The van der Waals surface area contributed by atoms with Crippen LogP contribution in [0.2, 0.25) is 0 Å². The number of fused-ring (bicyclic) bond motifs is 1. The van der Waals surface area contributed by atoms with Crippen molar-refractivity contribution < 1.29 is 13.2 Å². The number of carbonyl (C=O) groups excluding carboxylic acids is 1. The van der Waals surface area contributed by atoms with E-state index in [9.17, 15) is 13.2 Å². The van der Waals surface area contributed by atoms with Crippen molar-refractivity contribution in [3.8, 4) is 0 Å². The Morgan fingerprint density at radius 2 is 1.77 bits per heavy atom. The maximum Gasteiger partial charge on any atom is 0.240 e. The Hall–Kier alpha value is -1.40. The molecule has 0 amide bonds. The second kappa shape index (κ2) is 5.66. The van der Waals surface area contributed by atoms with Gasteiger partial charge in [0.15, 0.2) is 5.78 Å². The molecule has 22 heavy (non-hydrogen) atoms. The molecule has 2 N–H and O–H groups in total. The van der Waals surface area contributed by atoms with Crippen molar-refractivity contribution in [3.05, 3.63) is 23.8 Å². The number of anilines is 1. The smallest absolute Gasteiger partial charge is 0.240 e. The van der Waals surface area contributed by atoms with E-state index in [1.54, 1.807) is 12.1 Å². The third-order valence-electron chi connectivity index (χ3n) is 4.99. The quantitative estimate of drug-likeness (QED) is 0.865. The zero-order valence-corrected chi connectivity index (χ0v) is 13.6. The Bertz CT molecular complexity index is 685. The molecule has 0 unspecified atom stereocenters. The summed E-state index contributed by atoms with van der Waals surface area (Å²) in [5.41, 5.74) is 1.02. The minimum atomic E-state index is -3.85. The molecule has 2 aliphatic rings. The average Bonchev–Trinajstić information content (AvgIpc) is 2.89. The van der Waals surface area contributed by atoms with Gasteiger partial charge in [0, 0.05) is 18.7 Å². The summed E-state index contributed by atoms with van der Waals surface area (Å²) in [6.45, 7) is 3.19. The Balaban J connectivity index is 1.98. The fourth-order valence-electron chi connectivity index (χ4n) is 3.82. The summed E-state index contributed by atoms with van der Waals surface area (Å²) >= 11 is 0. The van der Waals surface area contributed by atoms with Crippen LogP contribution in [0.4, 0.5) is 5.69 Å². The summed E-state index contributed by atoms with van der Waals surface area (Å²) in [5, 5.41) is 5.38. The predicted octanol–water partition coefficient (Wildman–Crippen LogP) is 2.16. The van der Waals surface area contributed by atoms with Crippen LogP contribution in [0, 0.1) is 11.8 Å². The van der Waals surface area contributed by atoms with Gasteiger partial charge in [0.25, 0.3) is 0 Å². The largest absolute Gasteiger partial charge is 0.370 e. The summed E-state index contributed by atoms with van der Waals surface area (Å²) in [4.78, 5) is 13.7. The molecule has 2 atom stereocenters. The molecule has 120 valence electrons.